The summed E-state index contributed by atoms with van der Waals surface area (Å²) in [6, 6.07) is 0. The zero-order valence-corrected chi connectivity index (χ0v) is 12.6. The first-order valence-corrected chi connectivity index (χ1v) is 7.91. The van der Waals surface area contributed by atoms with Crippen LogP contribution in [-0.2, 0) is 9.59 Å². The quantitative estimate of drug-likeness (QED) is 0.831. The van der Waals surface area contributed by atoms with Crippen LogP contribution in [0.5, 0.6) is 0 Å². The Hall–Kier alpha value is -1.10. The maximum atomic E-state index is 12.4. The molecule has 2 aliphatic heterocycles. The number of piperidine rings is 1. The first-order chi connectivity index (χ1) is 9.70. The molecule has 5 nitrogen and oxygen atoms in total. The predicted molar refractivity (Wildman–Crippen MR) is 78.3 cm³/mol. The van der Waals surface area contributed by atoms with Crippen LogP contribution >= 0.6 is 0 Å². The molecule has 0 radical (unpaired) electrons. The summed E-state index contributed by atoms with van der Waals surface area (Å²) in [5.41, 5.74) is 0. The third kappa shape index (κ3) is 4.20. The van der Waals surface area contributed by atoms with Crippen molar-refractivity contribution >= 4 is 11.8 Å². The first-order valence-electron chi connectivity index (χ1n) is 7.91. The summed E-state index contributed by atoms with van der Waals surface area (Å²) in [4.78, 5) is 28.0. The van der Waals surface area contributed by atoms with Crippen molar-refractivity contribution in [1.82, 2.24) is 15.1 Å². The second-order valence-electron chi connectivity index (χ2n) is 6.03. The van der Waals surface area contributed by atoms with Gasteiger partial charge in [0.1, 0.15) is 0 Å². The second-order valence-corrected chi connectivity index (χ2v) is 6.03. The molecule has 1 N–H and O–H groups in total. The Kier molecular flexibility index (Phi) is 5.83. The highest BCUT2D eigenvalue weighted by Crippen LogP contribution is 2.17. The van der Waals surface area contributed by atoms with E-state index in [2.05, 4.69) is 5.32 Å². The monoisotopic (exact) mass is 281 g/mol. The maximum absolute atomic E-state index is 12.4. The van der Waals surface area contributed by atoms with E-state index in [0.29, 0.717) is 12.3 Å². The number of hydrogen-bond acceptors (Lipinski definition) is 3. The smallest absolute Gasteiger partial charge is 0.242 e. The van der Waals surface area contributed by atoms with Crippen molar-refractivity contribution in [3.63, 3.8) is 0 Å². The topological polar surface area (TPSA) is 52.7 Å². The number of carbonyl (C=O) groups is 2. The SMILES string of the molecule is CNCC1CCCN(C(=O)CN2CCCCCC2=O)C1. The molecule has 0 bridgehead atoms. The summed E-state index contributed by atoms with van der Waals surface area (Å²) in [6.45, 7) is 3.68. The summed E-state index contributed by atoms with van der Waals surface area (Å²) >= 11 is 0. The van der Waals surface area contributed by atoms with E-state index in [4.69, 9.17) is 0 Å². The van der Waals surface area contributed by atoms with Crippen molar-refractivity contribution < 1.29 is 9.59 Å². The third-order valence-corrected chi connectivity index (χ3v) is 4.36. The van der Waals surface area contributed by atoms with Gasteiger partial charge in [0, 0.05) is 26.1 Å². The van der Waals surface area contributed by atoms with E-state index in [1.807, 2.05) is 11.9 Å². The Morgan fingerprint density at radius 2 is 2.10 bits per heavy atom. The van der Waals surface area contributed by atoms with Crippen LogP contribution in [0.15, 0.2) is 0 Å². The van der Waals surface area contributed by atoms with Crippen molar-refractivity contribution in [2.24, 2.45) is 5.92 Å². The summed E-state index contributed by atoms with van der Waals surface area (Å²) < 4.78 is 0. The number of likely N-dealkylation sites (tertiary alicyclic amines) is 2. The molecule has 5 heteroatoms. The fourth-order valence-electron chi connectivity index (χ4n) is 3.22. The van der Waals surface area contributed by atoms with E-state index in [1.165, 1.54) is 6.42 Å². The second kappa shape index (κ2) is 7.62. The van der Waals surface area contributed by atoms with Gasteiger partial charge in [0.05, 0.1) is 6.54 Å². The highest BCUT2D eigenvalue weighted by molar-refractivity contribution is 5.85. The lowest BCUT2D eigenvalue weighted by atomic mass is 9.98. The standard InChI is InChI=1S/C15H27N3O2/c1-16-10-13-6-5-9-17(11-13)15(20)12-18-8-4-2-3-7-14(18)19/h13,16H,2-12H2,1H3. The summed E-state index contributed by atoms with van der Waals surface area (Å²) in [6.07, 6.45) is 5.97. The molecule has 0 saturated carbocycles. The molecule has 0 aromatic rings. The highest BCUT2D eigenvalue weighted by atomic mass is 16.2. The number of amides is 2. The van der Waals surface area contributed by atoms with E-state index in [0.717, 1.165) is 51.9 Å². The molecule has 1 unspecified atom stereocenters. The molecule has 2 fully saturated rings. The van der Waals surface area contributed by atoms with E-state index in [-0.39, 0.29) is 18.4 Å². The Bertz CT molecular complexity index is 344. The summed E-state index contributed by atoms with van der Waals surface area (Å²) in [5.74, 6) is 0.832. The number of hydrogen-bond donors (Lipinski definition) is 1. The van der Waals surface area contributed by atoms with Crippen LogP contribution in [0.25, 0.3) is 0 Å². The molecule has 2 saturated heterocycles. The average molecular weight is 281 g/mol. The average Bonchev–Trinajstić information content (AvgIpc) is 2.65. The molecule has 20 heavy (non-hydrogen) atoms. The summed E-state index contributed by atoms with van der Waals surface area (Å²) in [5, 5.41) is 3.19. The van der Waals surface area contributed by atoms with Gasteiger partial charge in [-0.2, -0.15) is 0 Å². The Balaban J connectivity index is 1.85. The number of carbonyl (C=O) groups excluding carboxylic acids is 2. The largest absolute Gasteiger partial charge is 0.341 e. The van der Waals surface area contributed by atoms with Crippen molar-refractivity contribution in [2.45, 2.75) is 38.5 Å². The molecule has 0 aliphatic carbocycles. The van der Waals surface area contributed by atoms with E-state index < -0.39 is 0 Å². The van der Waals surface area contributed by atoms with Gasteiger partial charge in [0.25, 0.3) is 0 Å². The molecule has 2 rings (SSSR count). The zero-order chi connectivity index (χ0) is 14.4. The Morgan fingerprint density at radius 1 is 1.25 bits per heavy atom. The lowest BCUT2D eigenvalue weighted by molar-refractivity contribution is -0.141. The van der Waals surface area contributed by atoms with Crippen LogP contribution in [0.4, 0.5) is 0 Å². The van der Waals surface area contributed by atoms with Gasteiger partial charge in [0.2, 0.25) is 11.8 Å². The number of rotatable bonds is 4. The number of nitrogens with one attached hydrogen (secondary N) is 1. The van der Waals surface area contributed by atoms with Gasteiger partial charge in [-0.15, -0.1) is 0 Å². The lowest BCUT2D eigenvalue weighted by Gasteiger charge is -2.34. The molecule has 0 aromatic heterocycles. The normalized spacial score (nSPS) is 24.6. The van der Waals surface area contributed by atoms with Crippen molar-refractivity contribution in [1.29, 1.82) is 0 Å². The first kappa shape index (κ1) is 15.3. The van der Waals surface area contributed by atoms with Crippen LogP contribution in [0.3, 0.4) is 0 Å². The molecular formula is C15H27N3O2. The molecule has 2 aliphatic rings. The van der Waals surface area contributed by atoms with Crippen molar-refractivity contribution in [3.05, 3.63) is 0 Å². The third-order valence-electron chi connectivity index (χ3n) is 4.36. The highest BCUT2D eigenvalue weighted by Gasteiger charge is 2.26. The van der Waals surface area contributed by atoms with Crippen molar-refractivity contribution in [2.75, 3.05) is 39.8 Å². The fourth-order valence-corrected chi connectivity index (χ4v) is 3.22. The number of nitrogens with zero attached hydrogens (tertiary/aromatic N) is 2. The minimum atomic E-state index is 0.126. The molecule has 1 atom stereocenters. The van der Waals surface area contributed by atoms with Gasteiger partial charge >= 0.3 is 0 Å². The lowest BCUT2D eigenvalue weighted by Crippen LogP contribution is -2.47. The molecule has 114 valence electrons. The Labute approximate surface area is 121 Å². The molecule has 0 spiro atoms. The molecule has 0 aromatic carbocycles. The van der Waals surface area contributed by atoms with Gasteiger partial charge in [-0.1, -0.05) is 6.42 Å². The molecule has 2 heterocycles. The van der Waals surface area contributed by atoms with Crippen LogP contribution < -0.4 is 5.32 Å². The van der Waals surface area contributed by atoms with E-state index in [1.54, 1.807) is 4.90 Å². The van der Waals surface area contributed by atoms with Gasteiger partial charge in [-0.25, -0.2) is 0 Å². The Morgan fingerprint density at radius 3 is 2.90 bits per heavy atom. The molecular weight excluding hydrogens is 254 g/mol. The van der Waals surface area contributed by atoms with E-state index >= 15 is 0 Å². The zero-order valence-electron chi connectivity index (χ0n) is 12.6. The van der Waals surface area contributed by atoms with Gasteiger partial charge in [-0.3, -0.25) is 9.59 Å². The van der Waals surface area contributed by atoms with Gasteiger partial charge < -0.3 is 15.1 Å². The summed E-state index contributed by atoms with van der Waals surface area (Å²) in [7, 11) is 1.96. The molecule has 2 amide bonds. The van der Waals surface area contributed by atoms with Crippen molar-refractivity contribution in [3.8, 4) is 0 Å². The van der Waals surface area contributed by atoms with Crippen LogP contribution in [0.1, 0.15) is 38.5 Å². The van der Waals surface area contributed by atoms with Crippen LogP contribution in [0.2, 0.25) is 0 Å². The van der Waals surface area contributed by atoms with E-state index in [9.17, 15) is 9.59 Å². The van der Waals surface area contributed by atoms with Crippen LogP contribution in [-0.4, -0.2) is 61.4 Å². The van der Waals surface area contributed by atoms with Gasteiger partial charge in [0.15, 0.2) is 0 Å². The minimum absolute atomic E-state index is 0.126. The van der Waals surface area contributed by atoms with Crippen LogP contribution in [0, 0.1) is 5.92 Å². The predicted octanol–water partition coefficient (Wildman–Crippen LogP) is 0.847. The fraction of sp³-hybridized carbons (Fsp3) is 0.867. The minimum Gasteiger partial charge on any atom is -0.341 e. The maximum Gasteiger partial charge on any atom is 0.242 e. The van der Waals surface area contributed by atoms with Gasteiger partial charge in [-0.05, 0) is 45.2 Å².